The first kappa shape index (κ1) is 24.8. The lowest BCUT2D eigenvalue weighted by atomic mass is 10.1. The summed E-state index contributed by atoms with van der Waals surface area (Å²) in [5.41, 5.74) is 2.35. The van der Waals surface area contributed by atoms with Crippen LogP contribution in [0.2, 0.25) is 5.02 Å². The number of carbonyl (C=O) groups is 2. The van der Waals surface area contributed by atoms with Gasteiger partial charge in [0.15, 0.2) is 0 Å². The highest BCUT2D eigenvalue weighted by Gasteiger charge is 2.23. The van der Waals surface area contributed by atoms with Crippen molar-refractivity contribution < 1.29 is 23.8 Å². The first-order chi connectivity index (χ1) is 15.9. The summed E-state index contributed by atoms with van der Waals surface area (Å²) in [7, 11) is 2.54. The molecule has 33 heavy (non-hydrogen) atoms. The number of nitrogens with one attached hydrogen (secondary N) is 1. The molecule has 0 aliphatic carbocycles. The van der Waals surface area contributed by atoms with E-state index in [2.05, 4.69) is 5.32 Å². The fourth-order valence-electron chi connectivity index (χ4n) is 3.18. The van der Waals surface area contributed by atoms with Gasteiger partial charge in [-0.3, -0.25) is 14.9 Å². The number of carbonyl (C=O) groups excluding carboxylic acids is 2. The van der Waals surface area contributed by atoms with E-state index in [-0.39, 0.29) is 19.6 Å². The molecule has 1 aromatic heterocycles. The normalized spacial score (nSPS) is 11.8. The molecule has 0 saturated heterocycles. The van der Waals surface area contributed by atoms with Gasteiger partial charge in [0, 0.05) is 33.0 Å². The van der Waals surface area contributed by atoms with Gasteiger partial charge in [-0.1, -0.05) is 35.9 Å². The molecule has 1 heterocycles. The Bertz CT molecular complexity index is 1140. The monoisotopic (exact) mass is 488 g/mol. The highest BCUT2D eigenvalue weighted by molar-refractivity contribution is 7.98. The molecule has 9 heteroatoms. The number of rotatable bonds is 10. The maximum Gasteiger partial charge on any atom is 0.323 e. The van der Waals surface area contributed by atoms with Gasteiger partial charge < -0.3 is 14.2 Å². The molecule has 0 fully saturated rings. The maximum absolute atomic E-state index is 12.1. The Hall–Kier alpha value is -2.81. The van der Waals surface area contributed by atoms with Crippen LogP contribution >= 0.6 is 23.4 Å². The molecule has 3 rings (SSSR count). The molecule has 2 aromatic carbocycles. The van der Waals surface area contributed by atoms with E-state index in [0.717, 1.165) is 26.9 Å². The van der Waals surface area contributed by atoms with Gasteiger partial charge in [0.25, 0.3) is 0 Å². The minimum absolute atomic E-state index is 0.156. The third-order valence-electron chi connectivity index (χ3n) is 5.01. The van der Waals surface area contributed by atoms with Crippen molar-refractivity contribution in [1.82, 2.24) is 10.3 Å². The summed E-state index contributed by atoms with van der Waals surface area (Å²) < 4.78 is 15.6. The summed E-state index contributed by atoms with van der Waals surface area (Å²) in [6.07, 6.45) is 1.85. The number of benzene rings is 2. The second kappa shape index (κ2) is 11.9. The first-order valence-electron chi connectivity index (χ1n) is 10.2. The van der Waals surface area contributed by atoms with Crippen LogP contribution in [0.25, 0.3) is 10.9 Å². The van der Waals surface area contributed by atoms with Crippen molar-refractivity contribution in [3.8, 4) is 5.88 Å². The van der Waals surface area contributed by atoms with Gasteiger partial charge in [0.2, 0.25) is 5.88 Å². The molecule has 1 N–H and O–H groups in total. The summed E-state index contributed by atoms with van der Waals surface area (Å²) >= 11 is 7.90. The zero-order chi connectivity index (χ0) is 23.8. The number of pyridine rings is 1. The van der Waals surface area contributed by atoms with Gasteiger partial charge in [0.1, 0.15) is 12.6 Å². The summed E-state index contributed by atoms with van der Waals surface area (Å²) in [6, 6.07) is 14.5. The zero-order valence-corrected chi connectivity index (χ0v) is 20.2. The van der Waals surface area contributed by atoms with Crippen LogP contribution in [0.4, 0.5) is 0 Å². The van der Waals surface area contributed by atoms with Crippen molar-refractivity contribution in [1.29, 1.82) is 0 Å². The highest BCUT2D eigenvalue weighted by atomic mass is 35.5. The standard InChI is InChI=1S/C24H25ClN2O5S/c1-30-22(28)12-21(24(29)31-2)26-13-17-10-15-8-9-18(33-3)11-20(15)27-23(17)32-14-16-6-4-5-7-19(16)25/h4-11,21,26H,12-14H2,1-3H3/t21-/m0/s1. The fraction of sp³-hybridized carbons (Fsp3) is 0.292. The van der Waals surface area contributed by atoms with Gasteiger partial charge >= 0.3 is 11.9 Å². The molecule has 0 spiro atoms. The Labute approximate surface area is 201 Å². The lowest BCUT2D eigenvalue weighted by Crippen LogP contribution is -2.39. The first-order valence-corrected chi connectivity index (χ1v) is 11.8. The van der Waals surface area contributed by atoms with Gasteiger partial charge in [-0.2, -0.15) is 0 Å². The third kappa shape index (κ3) is 6.60. The second-order valence-electron chi connectivity index (χ2n) is 7.13. The Morgan fingerprint density at radius 3 is 2.58 bits per heavy atom. The molecule has 0 aliphatic heterocycles. The van der Waals surface area contributed by atoms with Crippen LogP contribution in [0, 0.1) is 0 Å². The zero-order valence-electron chi connectivity index (χ0n) is 18.6. The molecule has 3 aromatic rings. The SMILES string of the molecule is COC(=O)C[C@H](NCc1cc2ccc(SC)cc2nc1OCc1ccccc1Cl)C(=O)OC. The van der Waals surface area contributed by atoms with Crippen molar-refractivity contribution >= 4 is 46.2 Å². The van der Waals surface area contributed by atoms with Crippen LogP contribution in [0.15, 0.2) is 53.4 Å². The summed E-state index contributed by atoms with van der Waals surface area (Å²) in [6.45, 7) is 0.456. The van der Waals surface area contributed by atoms with E-state index in [9.17, 15) is 9.59 Å². The topological polar surface area (TPSA) is 86.8 Å². The van der Waals surface area contributed by atoms with Crippen LogP contribution in [0.5, 0.6) is 5.88 Å². The van der Waals surface area contributed by atoms with Crippen molar-refractivity contribution in [2.45, 2.75) is 30.5 Å². The molecule has 0 amide bonds. The fourth-order valence-corrected chi connectivity index (χ4v) is 3.80. The van der Waals surface area contributed by atoms with Crippen LogP contribution in [0.1, 0.15) is 17.5 Å². The highest BCUT2D eigenvalue weighted by Crippen LogP contribution is 2.27. The Morgan fingerprint density at radius 1 is 1.09 bits per heavy atom. The molecule has 0 aliphatic rings. The number of fused-ring (bicyclic) bond motifs is 1. The largest absolute Gasteiger partial charge is 0.472 e. The number of hydrogen-bond acceptors (Lipinski definition) is 8. The van der Waals surface area contributed by atoms with E-state index < -0.39 is 18.0 Å². The van der Waals surface area contributed by atoms with Crippen molar-refractivity contribution in [2.75, 3.05) is 20.5 Å². The minimum Gasteiger partial charge on any atom is -0.472 e. The molecule has 0 saturated carbocycles. The number of aromatic nitrogens is 1. The van der Waals surface area contributed by atoms with Gasteiger partial charge in [-0.05, 0) is 30.5 Å². The average molecular weight is 489 g/mol. The summed E-state index contributed by atoms with van der Waals surface area (Å²) in [5.74, 6) is -0.665. The summed E-state index contributed by atoms with van der Waals surface area (Å²) in [4.78, 5) is 29.7. The van der Waals surface area contributed by atoms with Crippen LogP contribution < -0.4 is 10.1 Å². The molecular formula is C24H25ClN2O5S. The predicted molar refractivity (Wildman–Crippen MR) is 129 cm³/mol. The quantitative estimate of drug-likeness (QED) is 0.332. The lowest BCUT2D eigenvalue weighted by molar-refractivity contribution is -0.149. The number of halogens is 1. The molecule has 0 bridgehead atoms. The Balaban J connectivity index is 1.90. The van der Waals surface area contributed by atoms with Gasteiger partial charge in [-0.25, -0.2) is 4.98 Å². The van der Waals surface area contributed by atoms with Crippen LogP contribution in [0.3, 0.4) is 0 Å². The molecule has 174 valence electrons. The van der Waals surface area contributed by atoms with Crippen LogP contribution in [-0.2, 0) is 32.2 Å². The third-order valence-corrected chi connectivity index (χ3v) is 6.10. The Kier molecular flexibility index (Phi) is 8.94. The van der Waals surface area contributed by atoms with Gasteiger partial charge in [0.05, 0.1) is 26.2 Å². The summed E-state index contributed by atoms with van der Waals surface area (Å²) in [5, 5.41) is 4.59. The van der Waals surface area contributed by atoms with Crippen LogP contribution in [-0.4, -0.2) is 43.4 Å². The van der Waals surface area contributed by atoms with Gasteiger partial charge in [-0.15, -0.1) is 11.8 Å². The second-order valence-corrected chi connectivity index (χ2v) is 8.42. The number of thioether (sulfide) groups is 1. The lowest BCUT2D eigenvalue weighted by Gasteiger charge is -2.17. The predicted octanol–water partition coefficient (Wildman–Crippen LogP) is 4.38. The molecule has 0 unspecified atom stereocenters. The van der Waals surface area contributed by atoms with E-state index >= 15 is 0 Å². The molecule has 1 atom stereocenters. The molecular weight excluding hydrogens is 464 g/mol. The van der Waals surface area contributed by atoms with Crippen molar-refractivity contribution in [3.05, 3.63) is 64.7 Å². The number of nitrogens with zero attached hydrogens (tertiary/aromatic N) is 1. The maximum atomic E-state index is 12.1. The van der Waals surface area contributed by atoms with E-state index in [1.807, 2.05) is 48.7 Å². The molecule has 0 radical (unpaired) electrons. The smallest absolute Gasteiger partial charge is 0.323 e. The van der Waals surface area contributed by atoms with E-state index in [1.54, 1.807) is 17.8 Å². The number of hydrogen-bond donors (Lipinski definition) is 1. The average Bonchev–Trinajstić information content (AvgIpc) is 2.84. The number of esters is 2. The Morgan fingerprint density at radius 2 is 1.88 bits per heavy atom. The minimum atomic E-state index is -0.867. The van der Waals surface area contributed by atoms with Crippen molar-refractivity contribution in [3.63, 3.8) is 0 Å². The number of methoxy groups -OCH3 is 2. The molecule has 7 nitrogen and oxygen atoms in total. The van der Waals surface area contributed by atoms with E-state index in [4.69, 9.17) is 30.8 Å². The van der Waals surface area contributed by atoms with Crippen molar-refractivity contribution in [2.24, 2.45) is 0 Å². The number of ether oxygens (including phenoxy) is 3. The van der Waals surface area contributed by atoms with E-state index in [1.165, 1.54) is 14.2 Å². The van der Waals surface area contributed by atoms with E-state index in [0.29, 0.717) is 10.9 Å².